The number of piperazine rings is 1. The van der Waals surface area contributed by atoms with Gasteiger partial charge in [0.05, 0.1) is 0 Å². The van der Waals surface area contributed by atoms with Crippen LogP contribution < -0.4 is 9.80 Å². The van der Waals surface area contributed by atoms with Crippen LogP contribution in [-0.4, -0.2) is 55.6 Å². The predicted molar refractivity (Wildman–Crippen MR) is 110 cm³/mol. The van der Waals surface area contributed by atoms with Gasteiger partial charge in [0.1, 0.15) is 5.82 Å². The van der Waals surface area contributed by atoms with Gasteiger partial charge in [0, 0.05) is 66.2 Å². The van der Waals surface area contributed by atoms with Crippen molar-refractivity contribution in [1.82, 2.24) is 9.88 Å². The van der Waals surface area contributed by atoms with E-state index in [1.807, 2.05) is 29.2 Å². The lowest BCUT2D eigenvalue weighted by Gasteiger charge is -2.33. The molecule has 27 heavy (non-hydrogen) atoms. The molecule has 0 aliphatic carbocycles. The molecular weight excluding hydrogens is 360 g/mol. The third kappa shape index (κ3) is 3.30. The number of halogens is 1. The Balaban J connectivity index is 1.63. The molecule has 0 bridgehead atoms. The number of anilines is 2. The molecule has 4 rings (SSSR count). The van der Waals surface area contributed by atoms with Gasteiger partial charge in [0.2, 0.25) is 0 Å². The highest BCUT2D eigenvalue weighted by Gasteiger charge is 2.39. The topological polar surface area (TPSA) is 39.7 Å². The number of nitrogens with zero attached hydrogens (tertiary/aromatic N) is 4. The molecule has 1 amide bonds. The molecule has 142 valence electrons. The summed E-state index contributed by atoms with van der Waals surface area (Å²) in [6.45, 7) is 8.75. The first kappa shape index (κ1) is 18.3. The minimum atomic E-state index is -0.170. The van der Waals surface area contributed by atoms with Crippen LogP contribution >= 0.6 is 11.6 Å². The zero-order valence-electron chi connectivity index (χ0n) is 16.1. The van der Waals surface area contributed by atoms with Gasteiger partial charge >= 0.3 is 0 Å². The Bertz CT molecular complexity index is 874. The molecule has 1 fully saturated rings. The number of amides is 1. The zero-order valence-corrected chi connectivity index (χ0v) is 16.8. The first-order chi connectivity index (χ1) is 12.9. The van der Waals surface area contributed by atoms with Crippen LogP contribution in [-0.2, 0) is 5.41 Å². The predicted octanol–water partition coefficient (Wildman–Crippen LogP) is 3.42. The molecular formula is C21H25ClN4O. The third-order valence-electron chi connectivity index (χ3n) is 5.58. The molecule has 1 saturated heterocycles. The van der Waals surface area contributed by atoms with Crippen LogP contribution in [0.3, 0.4) is 0 Å². The Labute approximate surface area is 165 Å². The van der Waals surface area contributed by atoms with Crippen molar-refractivity contribution in [3.63, 3.8) is 0 Å². The van der Waals surface area contributed by atoms with Crippen LogP contribution in [0.4, 0.5) is 11.5 Å². The molecule has 0 atom stereocenters. The lowest BCUT2D eigenvalue weighted by molar-refractivity contribution is 0.0986. The van der Waals surface area contributed by atoms with Crippen LogP contribution in [0.1, 0.15) is 29.8 Å². The number of carbonyl (C=O) groups excluding carboxylic acids is 1. The summed E-state index contributed by atoms with van der Waals surface area (Å²) >= 11 is 6.45. The van der Waals surface area contributed by atoms with E-state index >= 15 is 0 Å². The van der Waals surface area contributed by atoms with Crippen LogP contribution in [0.2, 0.25) is 5.02 Å². The van der Waals surface area contributed by atoms with E-state index in [9.17, 15) is 4.79 Å². The summed E-state index contributed by atoms with van der Waals surface area (Å²) in [4.78, 5) is 24.2. The minimum Gasteiger partial charge on any atom is -0.354 e. The number of hydrogen-bond donors (Lipinski definition) is 0. The minimum absolute atomic E-state index is 0.00173. The number of pyridine rings is 1. The van der Waals surface area contributed by atoms with Crippen molar-refractivity contribution < 1.29 is 4.79 Å². The number of rotatable bonds is 2. The Morgan fingerprint density at radius 1 is 1.15 bits per heavy atom. The fourth-order valence-corrected chi connectivity index (χ4v) is 4.49. The summed E-state index contributed by atoms with van der Waals surface area (Å²) in [5, 5.41) is 0.723. The standard InChI is InChI=1S/C21H25ClN4O/c1-21(2)14-26(17-6-4-5-16(22)19(17)21)20(27)15-7-8-23-18(13-15)25-11-9-24(3)10-12-25/h4-8,13H,9-12,14H2,1-3H3. The van der Waals surface area contributed by atoms with E-state index in [1.54, 1.807) is 12.3 Å². The van der Waals surface area contributed by atoms with Crippen LogP contribution in [0.25, 0.3) is 0 Å². The van der Waals surface area contributed by atoms with Gasteiger partial charge in [-0.25, -0.2) is 4.98 Å². The highest BCUT2D eigenvalue weighted by atomic mass is 35.5. The summed E-state index contributed by atoms with van der Waals surface area (Å²) in [6, 6.07) is 9.51. The van der Waals surface area contributed by atoms with E-state index in [4.69, 9.17) is 11.6 Å². The van der Waals surface area contributed by atoms with E-state index in [-0.39, 0.29) is 11.3 Å². The fraction of sp³-hybridized carbons (Fsp3) is 0.429. The second kappa shape index (κ2) is 6.80. The van der Waals surface area contributed by atoms with Crippen molar-refractivity contribution in [2.24, 2.45) is 0 Å². The molecule has 1 aromatic carbocycles. The van der Waals surface area contributed by atoms with Gasteiger partial charge in [-0.3, -0.25) is 4.79 Å². The number of aromatic nitrogens is 1. The Hall–Kier alpha value is -2.11. The lowest BCUT2D eigenvalue weighted by atomic mass is 9.87. The molecule has 0 N–H and O–H groups in total. The molecule has 3 heterocycles. The Kier molecular flexibility index (Phi) is 4.60. The summed E-state index contributed by atoms with van der Waals surface area (Å²) in [7, 11) is 2.13. The average molecular weight is 385 g/mol. The first-order valence-corrected chi connectivity index (χ1v) is 9.75. The number of likely N-dealkylation sites (N-methyl/N-ethyl adjacent to an activating group) is 1. The van der Waals surface area contributed by atoms with E-state index in [0.29, 0.717) is 12.1 Å². The number of fused-ring (bicyclic) bond motifs is 1. The molecule has 0 radical (unpaired) electrons. The quantitative estimate of drug-likeness (QED) is 0.795. The monoisotopic (exact) mass is 384 g/mol. The summed E-state index contributed by atoms with van der Waals surface area (Å²) < 4.78 is 0. The smallest absolute Gasteiger partial charge is 0.258 e. The zero-order chi connectivity index (χ0) is 19.2. The fourth-order valence-electron chi connectivity index (χ4n) is 4.06. The second-order valence-corrected chi connectivity index (χ2v) is 8.51. The van der Waals surface area contributed by atoms with Gasteiger partial charge < -0.3 is 14.7 Å². The third-order valence-corrected chi connectivity index (χ3v) is 5.89. The molecule has 2 aromatic rings. The molecule has 2 aliphatic rings. The van der Waals surface area contributed by atoms with E-state index in [1.165, 1.54) is 0 Å². The van der Waals surface area contributed by atoms with Gasteiger partial charge in [-0.15, -0.1) is 0 Å². The van der Waals surface area contributed by atoms with Gasteiger partial charge in [0.25, 0.3) is 5.91 Å². The van der Waals surface area contributed by atoms with Crippen molar-refractivity contribution in [3.05, 3.63) is 52.7 Å². The number of benzene rings is 1. The molecule has 0 unspecified atom stereocenters. The summed E-state index contributed by atoms with van der Waals surface area (Å²) in [5.41, 5.74) is 2.46. The molecule has 5 nitrogen and oxygen atoms in total. The van der Waals surface area contributed by atoms with Crippen molar-refractivity contribution >= 4 is 29.0 Å². The first-order valence-electron chi connectivity index (χ1n) is 9.37. The summed E-state index contributed by atoms with van der Waals surface area (Å²) in [5.74, 6) is 0.876. The van der Waals surface area contributed by atoms with Crippen LogP contribution in [0.5, 0.6) is 0 Å². The van der Waals surface area contributed by atoms with Gasteiger partial charge in [-0.05, 0) is 31.3 Å². The molecule has 2 aliphatic heterocycles. The van der Waals surface area contributed by atoms with E-state index < -0.39 is 0 Å². The van der Waals surface area contributed by atoms with Gasteiger partial charge in [0.15, 0.2) is 0 Å². The maximum atomic E-state index is 13.3. The maximum absolute atomic E-state index is 13.3. The molecule has 6 heteroatoms. The van der Waals surface area contributed by atoms with Crippen molar-refractivity contribution in [3.8, 4) is 0 Å². The van der Waals surface area contributed by atoms with Crippen LogP contribution in [0, 0.1) is 0 Å². The molecule has 1 aromatic heterocycles. The van der Waals surface area contributed by atoms with Gasteiger partial charge in [-0.1, -0.05) is 31.5 Å². The Morgan fingerprint density at radius 2 is 1.89 bits per heavy atom. The van der Waals surface area contributed by atoms with E-state index in [2.05, 4.69) is 35.7 Å². The normalized spacial score (nSPS) is 19.3. The van der Waals surface area contributed by atoms with Crippen molar-refractivity contribution in [1.29, 1.82) is 0 Å². The largest absolute Gasteiger partial charge is 0.354 e. The Morgan fingerprint density at radius 3 is 2.63 bits per heavy atom. The second-order valence-electron chi connectivity index (χ2n) is 8.10. The lowest BCUT2D eigenvalue weighted by Crippen LogP contribution is -2.44. The highest BCUT2D eigenvalue weighted by Crippen LogP contribution is 2.44. The summed E-state index contributed by atoms with van der Waals surface area (Å²) in [6.07, 6.45) is 1.74. The molecule has 0 saturated carbocycles. The molecule has 0 spiro atoms. The number of carbonyl (C=O) groups is 1. The SMILES string of the molecule is CN1CCN(c2cc(C(=O)N3CC(C)(C)c4c(Cl)cccc43)ccn2)CC1. The van der Waals surface area contributed by atoms with Crippen molar-refractivity contribution in [2.75, 3.05) is 49.6 Å². The van der Waals surface area contributed by atoms with Crippen LogP contribution in [0.15, 0.2) is 36.5 Å². The highest BCUT2D eigenvalue weighted by molar-refractivity contribution is 6.32. The van der Waals surface area contributed by atoms with Gasteiger partial charge in [-0.2, -0.15) is 0 Å². The maximum Gasteiger partial charge on any atom is 0.258 e. The van der Waals surface area contributed by atoms with Crippen molar-refractivity contribution in [2.45, 2.75) is 19.3 Å². The number of hydrogen-bond acceptors (Lipinski definition) is 4. The van der Waals surface area contributed by atoms with E-state index in [0.717, 1.165) is 48.3 Å². The average Bonchev–Trinajstić information content (AvgIpc) is 2.94.